The Hall–Kier alpha value is -3.14. The second kappa shape index (κ2) is 12.2. The number of pyridine rings is 1. The molecule has 172 valence electrons. The van der Waals surface area contributed by atoms with E-state index < -0.39 is 0 Å². The van der Waals surface area contributed by atoms with E-state index in [-0.39, 0.29) is 29.8 Å². The van der Waals surface area contributed by atoms with Gasteiger partial charge in [-0.05, 0) is 60.0 Å². The molecule has 33 heavy (non-hydrogen) atoms. The third-order valence-corrected chi connectivity index (χ3v) is 5.11. The minimum absolute atomic E-state index is 0. The topological polar surface area (TPSA) is 74.3 Å². The number of guanidine groups is 1. The smallest absolute Gasteiger partial charge is 0.191 e. The van der Waals surface area contributed by atoms with Gasteiger partial charge in [-0.3, -0.25) is 9.98 Å². The summed E-state index contributed by atoms with van der Waals surface area (Å²) in [5.74, 6) is 1.27. The Bertz CT molecular complexity index is 1200. The monoisotopic (exact) mass is 559 g/mol. The first-order valence-corrected chi connectivity index (χ1v) is 10.5. The lowest BCUT2D eigenvalue weighted by Crippen LogP contribution is -2.37. The zero-order valence-corrected chi connectivity index (χ0v) is 20.7. The molecule has 0 spiro atoms. The highest BCUT2D eigenvalue weighted by Crippen LogP contribution is 2.19. The van der Waals surface area contributed by atoms with Gasteiger partial charge < -0.3 is 20.4 Å². The predicted octanol–water partition coefficient (Wildman–Crippen LogP) is 4.81. The Morgan fingerprint density at radius 1 is 1.09 bits per heavy atom. The molecule has 0 fully saturated rings. The summed E-state index contributed by atoms with van der Waals surface area (Å²) in [4.78, 5) is 11.7. The molecule has 0 radical (unpaired) electrons. The lowest BCUT2D eigenvalue weighted by Gasteiger charge is -2.13. The van der Waals surface area contributed by atoms with E-state index in [2.05, 4.69) is 25.6 Å². The molecule has 0 unspecified atom stereocenters. The first kappa shape index (κ1) is 24.5. The van der Waals surface area contributed by atoms with Crippen molar-refractivity contribution >= 4 is 40.8 Å². The number of rotatable bonds is 8. The van der Waals surface area contributed by atoms with E-state index in [1.165, 1.54) is 6.07 Å². The fourth-order valence-electron chi connectivity index (χ4n) is 3.47. The molecule has 2 aromatic heterocycles. The van der Waals surface area contributed by atoms with Gasteiger partial charge in [-0.1, -0.05) is 18.2 Å². The summed E-state index contributed by atoms with van der Waals surface area (Å²) >= 11 is 0. The fraction of sp³-hybridized carbons (Fsp3) is 0.200. The van der Waals surface area contributed by atoms with E-state index in [4.69, 9.17) is 4.74 Å². The number of ether oxygens (including phenoxy) is 1. The average molecular weight is 559 g/mol. The molecular weight excluding hydrogens is 532 g/mol. The number of halogens is 2. The normalized spacial score (nSPS) is 11.2. The van der Waals surface area contributed by atoms with Gasteiger partial charge in [0.05, 0.1) is 5.69 Å². The van der Waals surface area contributed by atoms with Crippen molar-refractivity contribution in [1.82, 2.24) is 20.6 Å². The van der Waals surface area contributed by atoms with Gasteiger partial charge in [-0.15, -0.1) is 24.0 Å². The molecule has 0 atom stereocenters. The largest absolute Gasteiger partial charge is 0.487 e. The number of nitrogens with zero attached hydrogens (tertiary/aromatic N) is 2. The van der Waals surface area contributed by atoms with Crippen LogP contribution in [0.15, 0.2) is 78.0 Å². The van der Waals surface area contributed by atoms with Crippen LogP contribution in [0.5, 0.6) is 5.75 Å². The zero-order chi connectivity index (χ0) is 22.2. The predicted molar refractivity (Wildman–Crippen MR) is 141 cm³/mol. The summed E-state index contributed by atoms with van der Waals surface area (Å²) in [6.07, 6.45) is 4.44. The number of hydrogen-bond acceptors (Lipinski definition) is 3. The molecule has 0 amide bonds. The van der Waals surface area contributed by atoms with Gasteiger partial charge in [0.25, 0.3) is 0 Å². The van der Waals surface area contributed by atoms with Crippen LogP contribution in [0.25, 0.3) is 10.9 Å². The molecule has 3 N–H and O–H groups in total. The van der Waals surface area contributed by atoms with E-state index in [1.807, 2.05) is 48.7 Å². The summed E-state index contributed by atoms with van der Waals surface area (Å²) < 4.78 is 19.4. The van der Waals surface area contributed by atoms with Crippen molar-refractivity contribution in [3.63, 3.8) is 0 Å². The van der Waals surface area contributed by atoms with Crippen molar-refractivity contribution in [2.45, 2.75) is 19.6 Å². The van der Waals surface area contributed by atoms with Gasteiger partial charge in [0.15, 0.2) is 5.96 Å². The molecule has 6 nitrogen and oxygen atoms in total. The van der Waals surface area contributed by atoms with Crippen LogP contribution in [0.3, 0.4) is 0 Å². The van der Waals surface area contributed by atoms with E-state index in [9.17, 15) is 4.39 Å². The number of nitrogens with one attached hydrogen (secondary N) is 3. The molecule has 0 bridgehead atoms. The van der Waals surface area contributed by atoms with Crippen LogP contribution < -0.4 is 15.4 Å². The maximum Gasteiger partial charge on any atom is 0.191 e. The molecule has 8 heteroatoms. The zero-order valence-electron chi connectivity index (χ0n) is 18.3. The first-order chi connectivity index (χ1) is 15.7. The Kier molecular flexibility index (Phi) is 9.05. The molecule has 0 aliphatic rings. The highest BCUT2D eigenvalue weighted by Gasteiger charge is 2.06. The summed E-state index contributed by atoms with van der Waals surface area (Å²) in [5, 5.41) is 7.54. The Morgan fingerprint density at radius 2 is 2.00 bits per heavy atom. The minimum Gasteiger partial charge on any atom is -0.487 e. The number of hydrogen-bond donors (Lipinski definition) is 3. The molecule has 0 aliphatic carbocycles. The Balaban J connectivity index is 0.00000306. The van der Waals surface area contributed by atoms with Crippen molar-refractivity contribution < 1.29 is 9.13 Å². The SMILES string of the molecule is CN=C(NCCc1c[nH]c2ccc(F)cc12)NCc1cccc(OCc2ccccn2)c1.I. The van der Waals surface area contributed by atoms with Crippen LogP contribution in [0.2, 0.25) is 0 Å². The van der Waals surface area contributed by atoms with Crippen LogP contribution in [0.1, 0.15) is 16.8 Å². The van der Waals surface area contributed by atoms with E-state index in [0.29, 0.717) is 25.7 Å². The van der Waals surface area contributed by atoms with Crippen molar-refractivity contribution in [2.75, 3.05) is 13.6 Å². The third kappa shape index (κ3) is 6.92. The fourth-order valence-corrected chi connectivity index (χ4v) is 3.47. The molecule has 0 saturated carbocycles. The van der Waals surface area contributed by atoms with Gasteiger partial charge in [-0.2, -0.15) is 0 Å². The van der Waals surface area contributed by atoms with Crippen molar-refractivity contribution in [1.29, 1.82) is 0 Å². The van der Waals surface area contributed by atoms with Crippen molar-refractivity contribution in [2.24, 2.45) is 4.99 Å². The highest BCUT2D eigenvalue weighted by molar-refractivity contribution is 14.0. The molecule has 4 rings (SSSR count). The number of aliphatic imine (C=N–C) groups is 1. The molecule has 2 aromatic carbocycles. The number of aromatic amines is 1. The molecule has 0 saturated heterocycles. The second-order valence-corrected chi connectivity index (χ2v) is 7.36. The molecular formula is C25H27FIN5O. The van der Waals surface area contributed by atoms with Gasteiger partial charge >= 0.3 is 0 Å². The maximum absolute atomic E-state index is 13.6. The van der Waals surface area contributed by atoms with Gasteiger partial charge in [0.2, 0.25) is 0 Å². The van der Waals surface area contributed by atoms with Crippen molar-refractivity contribution in [3.05, 3.63) is 95.7 Å². The lowest BCUT2D eigenvalue weighted by atomic mass is 10.1. The standard InChI is InChI=1S/C25H26FN5O.HI/c1-27-25(29-12-10-19-16-30-24-9-8-20(26)14-23(19)24)31-15-18-5-4-7-22(13-18)32-17-21-6-2-3-11-28-21;/h2-9,11,13-14,16,30H,10,12,15,17H2,1H3,(H2,27,29,31);1H. The lowest BCUT2D eigenvalue weighted by molar-refractivity contribution is 0.301. The Labute approximate surface area is 209 Å². The van der Waals surface area contributed by atoms with E-state index in [1.54, 1.807) is 25.4 Å². The van der Waals surface area contributed by atoms with Gasteiger partial charge in [-0.25, -0.2) is 4.39 Å². The van der Waals surface area contributed by atoms with Gasteiger partial charge in [0, 0.05) is 43.4 Å². The quantitative estimate of drug-likeness (QED) is 0.165. The molecule has 2 heterocycles. The van der Waals surface area contributed by atoms with Gasteiger partial charge in [0.1, 0.15) is 18.2 Å². The first-order valence-electron chi connectivity index (χ1n) is 10.5. The molecule has 4 aromatic rings. The van der Waals surface area contributed by atoms with Crippen molar-refractivity contribution in [3.8, 4) is 5.75 Å². The second-order valence-electron chi connectivity index (χ2n) is 7.36. The van der Waals surface area contributed by atoms with Crippen LogP contribution >= 0.6 is 24.0 Å². The average Bonchev–Trinajstić information content (AvgIpc) is 3.23. The number of aromatic nitrogens is 2. The van der Waals surface area contributed by atoms with E-state index >= 15 is 0 Å². The van der Waals surface area contributed by atoms with Crippen LogP contribution in [-0.4, -0.2) is 29.5 Å². The van der Waals surface area contributed by atoms with Crippen LogP contribution in [0.4, 0.5) is 4.39 Å². The number of benzene rings is 2. The number of H-pyrrole nitrogens is 1. The minimum atomic E-state index is -0.227. The van der Waals surface area contributed by atoms with Crippen LogP contribution in [-0.2, 0) is 19.6 Å². The number of fused-ring (bicyclic) bond motifs is 1. The maximum atomic E-state index is 13.6. The summed E-state index contributed by atoms with van der Waals surface area (Å²) in [6, 6.07) is 18.5. The molecule has 0 aliphatic heterocycles. The highest BCUT2D eigenvalue weighted by atomic mass is 127. The Morgan fingerprint density at radius 3 is 2.82 bits per heavy atom. The van der Waals surface area contributed by atoms with E-state index in [0.717, 1.165) is 39.9 Å². The summed E-state index contributed by atoms with van der Waals surface area (Å²) in [7, 11) is 1.74. The summed E-state index contributed by atoms with van der Waals surface area (Å²) in [5.41, 5.74) is 3.98. The van der Waals surface area contributed by atoms with Crippen LogP contribution in [0, 0.1) is 5.82 Å². The summed E-state index contributed by atoms with van der Waals surface area (Å²) in [6.45, 7) is 1.72. The third-order valence-electron chi connectivity index (χ3n) is 5.11.